The molecule has 2 rings (SSSR count). The van der Waals surface area contributed by atoms with Crippen LogP contribution < -0.4 is 11.1 Å². The number of aromatic nitrogens is 3. The summed E-state index contributed by atoms with van der Waals surface area (Å²) in [7, 11) is 0. The molecule has 88 valence electrons. The van der Waals surface area contributed by atoms with Crippen LogP contribution in [-0.2, 0) is 0 Å². The van der Waals surface area contributed by atoms with E-state index in [1.165, 1.54) is 0 Å². The molecule has 0 fully saturated rings. The van der Waals surface area contributed by atoms with Gasteiger partial charge in [-0.15, -0.1) is 0 Å². The highest BCUT2D eigenvalue weighted by atomic mass is 15.2. The Morgan fingerprint density at radius 1 is 1.12 bits per heavy atom. The van der Waals surface area contributed by atoms with Crippen molar-refractivity contribution in [2.24, 2.45) is 0 Å². The van der Waals surface area contributed by atoms with Gasteiger partial charge >= 0.3 is 0 Å². The van der Waals surface area contributed by atoms with Crippen molar-refractivity contribution in [3.05, 3.63) is 30.3 Å². The van der Waals surface area contributed by atoms with Crippen LogP contribution in [-0.4, -0.2) is 21.5 Å². The molecule has 0 aliphatic carbocycles. The summed E-state index contributed by atoms with van der Waals surface area (Å²) in [5, 5.41) is 3.10. The Hall–Kier alpha value is -2.17. The lowest BCUT2D eigenvalue weighted by Gasteiger charge is -2.06. The van der Waals surface area contributed by atoms with E-state index in [0.29, 0.717) is 11.8 Å². The van der Waals surface area contributed by atoms with Crippen LogP contribution >= 0.6 is 0 Å². The van der Waals surface area contributed by atoms with E-state index >= 15 is 0 Å². The largest absolute Gasteiger partial charge is 0.368 e. The molecule has 1 aromatic carbocycles. The quantitative estimate of drug-likeness (QED) is 0.837. The van der Waals surface area contributed by atoms with Crippen LogP contribution in [0.2, 0.25) is 0 Å². The highest BCUT2D eigenvalue weighted by molar-refractivity contribution is 5.57. The van der Waals surface area contributed by atoms with Gasteiger partial charge in [-0.05, 0) is 6.42 Å². The van der Waals surface area contributed by atoms with Crippen LogP contribution in [0, 0.1) is 0 Å². The van der Waals surface area contributed by atoms with E-state index < -0.39 is 0 Å². The molecule has 1 heterocycles. The number of nitrogens with two attached hydrogens (primary N) is 1. The highest BCUT2D eigenvalue weighted by Crippen LogP contribution is 2.16. The lowest BCUT2D eigenvalue weighted by atomic mass is 10.2. The summed E-state index contributed by atoms with van der Waals surface area (Å²) >= 11 is 0. The Labute approximate surface area is 100 Å². The number of nitrogens with one attached hydrogen (secondary N) is 1. The molecule has 0 aliphatic heterocycles. The molecule has 0 unspecified atom stereocenters. The summed E-state index contributed by atoms with van der Waals surface area (Å²) in [5.41, 5.74) is 6.60. The average Bonchev–Trinajstić information content (AvgIpc) is 2.37. The molecule has 0 spiro atoms. The fourth-order valence-electron chi connectivity index (χ4n) is 1.42. The van der Waals surface area contributed by atoms with Crippen molar-refractivity contribution in [2.75, 3.05) is 17.6 Å². The predicted octanol–water partition coefficient (Wildman–Crippen LogP) is 1.94. The average molecular weight is 229 g/mol. The molecule has 1 aromatic heterocycles. The third-order valence-corrected chi connectivity index (χ3v) is 2.22. The smallest absolute Gasteiger partial charge is 0.228 e. The number of benzene rings is 1. The summed E-state index contributed by atoms with van der Waals surface area (Å²) in [5.74, 6) is 1.35. The van der Waals surface area contributed by atoms with Gasteiger partial charge in [-0.1, -0.05) is 37.3 Å². The van der Waals surface area contributed by atoms with Crippen LogP contribution in [0.15, 0.2) is 30.3 Å². The van der Waals surface area contributed by atoms with Gasteiger partial charge in [0.05, 0.1) is 0 Å². The lowest BCUT2D eigenvalue weighted by Crippen LogP contribution is -2.08. The molecular weight excluding hydrogens is 214 g/mol. The predicted molar refractivity (Wildman–Crippen MR) is 68.5 cm³/mol. The maximum atomic E-state index is 5.67. The van der Waals surface area contributed by atoms with Crippen LogP contribution in [0.25, 0.3) is 11.4 Å². The normalized spacial score (nSPS) is 10.2. The van der Waals surface area contributed by atoms with E-state index in [1.54, 1.807) is 0 Å². The summed E-state index contributed by atoms with van der Waals surface area (Å²) in [6, 6.07) is 9.71. The number of rotatable bonds is 4. The molecule has 17 heavy (non-hydrogen) atoms. The minimum absolute atomic E-state index is 0.234. The molecular formula is C12H15N5. The van der Waals surface area contributed by atoms with Crippen LogP contribution in [0.3, 0.4) is 0 Å². The monoisotopic (exact) mass is 229 g/mol. The SMILES string of the molecule is CCCNc1nc(N)nc(-c2ccccc2)n1. The van der Waals surface area contributed by atoms with Gasteiger partial charge in [0.15, 0.2) is 5.82 Å². The molecule has 0 amide bonds. The number of hydrogen-bond acceptors (Lipinski definition) is 5. The van der Waals surface area contributed by atoms with Gasteiger partial charge in [0.2, 0.25) is 11.9 Å². The van der Waals surface area contributed by atoms with E-state index in [-0.39, 0.29) is 5.95 Å². The second-order valence-corrected chi connectivity index (χ2v) is 3.63. The molecule has 2 aromatic rings. The van der Waals surface area contributed by atoms with Gasteiger partial charge in [-0.3, -0.25) is 0 Å². The zero-order valence-electron chi connectivity index (χ0n) is 9.72. The fraction of sp³-hybridized carbons (Fsp3) is 0.250. The van der Waals surface area contributed by atoms with Crippen molar-refractivity contribution in [3.63, 3.8) is 0 Å². The minimum atomic E-state index is 0.234. The van der Waals surface area contributed by atoms with Gasteiger partial charge in [0.1, 0.15) is 0 Å². The second kappa shape index (κ2) is 5.25. The summed E-state index contributed by atoms with van der Waals surface area (Å²) in [6.45, 7) is 2.90. The number of nitrogen functional groups attached to an aromatic ring is 1. The summed E-state index contributed by atoms with van der Waals surface area (Å²) in [4.78, 5) is 12.5. The summed E-state index contributed by atoms with van der Waals surface area (Å²) in [6.07, 6.45) is 1.01. The van der Waals surface area contributed by atoms with Crippen LogP contribution in [0.4, 0.5) is 11.9 Å². The number of nitrogens with zero attached hydrogens (tertiary/aromatic N) is 3. The van der Waals surface area contributed by atoms with Gasteiger partial charge < -0.3 is 11.1 Å². The van der Waals surface area contributed by atoms with Gasteiger partial charge in [0, 0.05) is 12.1 Å². The number of hydrogen-bond donors (Lipinski definition) is 2. The van der Waals surface area contributed by atoms with Gasteiger partial charge in [0.25, 0.3) is 0 Å². The van der Waals surface area contributed by atoms with Crippen LogP contribution in [0.5, 0.6) is 0 Å². The molecule has 0 saturated carbocycles. The highest BCUT2D eigenvalue weighted by Gasteiger charge is 2.05. The van der Waals surface area contributed by atoms with Gasteiger partial charge in [-0.2, -0.15) is 15.0 Å². The van der Waals surface area contributed by atoms with Crippen molar-refractivity contribution in [1.82, 2.24) is 15.0 Å². The molecule has 5 nitrogen and oxygen atoms in total. The lowest BCUT2D eigenvalue weighted by molar-refractivity contribution is 0.944. The van der Waals surface area contributed by atoms with E-state index in [1.807, 2.05) is 30.3 Å². The molecule has 0 bridgehead atoms. The number of anilines is 2. The fourth-order valence-corrected chi connectivity index (χ4v) is 1.42. The van der Waals surface area contributed by atoms with Crippen molar-refractivity contribution in [2.45, 2.75) is 13.3 Å². The standard InChI is InChI=1S/C12H15N5/c1-2-8-14-12-16-10(15-11(13)17-12)9-6-4-3-5-7-9/h3-7H,2,8H2,1H3,(H3,13,14,15,16,17). The zero-order valence-corrected chi connectivity index (χ0v) is 9.72. The molecule has 5 heteroatoms. The van der Waals surface area contributed by atoms with Crippen LogP contribution in [0.1, 0.15) is 13.3 Å². The first-order valence-corrected chi connectivity index (χ1v) is 5.60. The Balaban J connectivity index is 2.32. The Kier molecular flexibility index (Phi) is 3.49. The first kappa shape index (κ1) is 11.3. The zero-order chi connectivity index (χ0) is 12.1. The molecule has 0 radical (unpaired) electrons. The molecule has 0 aliphatic rings. The summed E-state index contributed by atoms with van der Waals surface area (Å²) < 4.78 is 0. The Morgan fingerprint density at radius 2 is 1.88 bits per heavy atom. The maximum absolute atomic E-state index is 5.67. The van der Waals surface area contributed by atoms with E-state index in [4.69, 9.17) is 5.73 Å². The minimum Gasteiger partial charge on any atom is -0.368 e. The molecule has 3 N–H and O–H groups in total. The van der Waals surface area contributed by atoms with Crippen molar-refractivity contribution in [1.29, 1.82) is 0 Å². The van der Waals surface area contributed by atoms with Gasteiger partial charge in [-0.25, -0.2) is 0 Å². The van der Waals surface area contributed by atoms with Crippen molar-refractivity contribution < 1.29 is 0 Å². The van der Waals surface area contributed by atoms with E-state index in [9.17, 15) is 0 Å². The molecule has 0 atom stereocenters. The first-order chi connectivity index (χ1) is 8.29. The topological polar surface area (TPSA) is 76.7 Å². The third kappa shape index (κ3) is 2.90. The van der Waals surface area contributed by atoms with Crippen molar-refractivity contribution >= 4 is 11.9 Å². The second-order valence-electron chi connectivity index (χ2n) is 3.63. The first-order valence-electron chi connectivity index (χ1n) is 5.60. The van der Waals surface area contributed by atoms with E-state index in [2.05, 4.69) is 27.2 Å². The maximum Gasteiger partial charge on any atom is 0.228 e. The van der Waals surface area contributed by atoms with E-state index in [0.717, 1.165) is 18.5 Å². The Morgan fingerprint density at radius 3 is 2.59 bits per heavy atom. The van der Waals surface area contributed by atoms with Crippen molar-refractivity contribution in [3.8, 4) is 11.4 Å². The Bertz CT molecular complexity index is 484. The molecule has 0 saturated heterocycles. The third-order valence-electron chi connectivity index (χ3n) is 2.22.